The van der Waals surface area contributed by atoms with Gasteiger partial charge in [0.05, 0.1) is 0 Å². The first-order valence-electron chi connectivity index (χ1n) is 7.00. The fourth-order valence-electron chi connectivity index (χ4n) is 2.95. The second kappa shape index (κ2) is 6.58. The maximum absolute atomic E-state index is 3.73. The minimum atomic E-state index is 0.741. The molecule has 1 aliphatic heterocycles. The molecule has 1 unspecified atom stereocenters. The fraction of sp³-hybridized carbons (Fsp3) is 1.00. The van der Waals surface area contributed by atoms with Crippen LogP contribution in [0.25, 0.3) is 0 Å². The van der Waals surface area contributed by atoms with Gasteiger partial charge in [-0.3, -0.25) is 0 Å². The van der Waals surface area contributed by atoms with E-state index in [4.69, 9.17) is 0 Å². The zero-order chi connectivity index (χ0) is 11.2. The summed E-state index contributed by atoms with van der Waals surface area (Å²) in [6.07, 6.45) is 8.41. The lowest BCUT2D eigenvalue weighted by Gasteiger charge is -2.33. The Labute approximate surface area is 100.0 Å². The third-order valence-corrected chi connectivity index (χ3v) is 4.16. The summed E-state index contributed by atoms with van der Waals surface area (Å²) < 4.78 is 0. The maximum atomic E-state index is 3.73. The molecule has 1 aliphatic carbocycles. The summed E-state index contributed by atoms with van der Waals surface area (Å²) in [5.41, 5.74) is 0. The number of nitrogens with one attached hydrogen (secondary N) is 2. The van der Waals surface area contributed by atoms with Gasteiger partial charge < -0.3 is 15.5 Å². The molecule has 0 radical (unpaired) electrons. The zero-order valence-corrected chi connectivity index (χ0v) is 10.7. The minimum Gasteiger partial charge on any atom is -0.314 e. The summed E-state index contributed by atoms with van der Waals surface area (Å²) in [6, 6.07) is 1.56. The Morgan fingerprint density at radius 3 is 2.81 bits per heavy atom. The zero-order valence-electron chi connectivity index (χ0n) is 10.7. The van der Waals surface area contributed by atoms with E-state index in [1.54, 1.807) is 0 Å². The Kier molecular flexibility index (Phi) is 5.07. The van der Waals surface area contributed by atoms with E-state index in [0.717, 1.165) is 18.6 Å². The molecule has 94 valence electrons. The van der Waals surface area contributed by atoms with Crippen LogP contribution in [-0.4, -0.2) is 50.2 Å². The van der Waals surface area contributed by atoms with E-state index < -0.39 is 0 Å². The second-order valence-corrected chi connectivity index (χ2v) is 5.42. The number of piperazine rings is 1. The Morgan fingerprint density at radius 2 is 2.06 bits per heavy atom. The van der Waals surface area contributed by atoms with Crippen molar-refractivity contribution in [3.05, 3.63) is 0 Å². The number of hydrogen-bond donors (Lipinski definition) is 2. The molecule has 0 spiro atoms. The van der Waals surface area contributed by atoms with E-state index in [9.17, 15) is 0 Å². The molecule has 3 nitrogen and oxygen atoms in total. The van der Waals surface area contributed by atoms with Crippen molar-refractivity contribution in [1.82, 2.24) is 15.5 Å². The van der Waals surface area contributed by atoms with E-state index in [-0.39, 0.29) is 0 Å². The van der Waals surface area contributed by atoms with Crippen molar-refractivity contribution in [1.29, 1.82) is 0 Å². The first-order chi connectivity index (χ1) is 7.86. The minimum absolute atomic E-state index is 0.741. The van der Waals surface area contributed by atoms with Gasteiger partial charge in [0, 0.05) is 31.7 Å². The van der Waals surface area contributed by atoms with Crippen molar-refractivity contribution in [2.24, 2.45) is 0 Å². The normalized spacial score (nSPS) is 29.4. The van der Waals surface area contributed by atoms with Gasteiger partial charge in [0.25, 0.3) is 0 Å². The monoisotopic (exact) mass is 225 g/mol. The number of rotatable bonds is 4. The van der Waals surface area contributed by atoms with Crippen LogP contribution in [0.4, 0.5) is 0 Å². The average molecular weight is 225 g/mol. The molecule has 0 bridgehead atoms. The van der Waals surface area contributed by atoms with E-state index in [0.29, 0.717) is 0 Å². The van der Waals surface area contributed by atoms with Gasteiger partial charge in [-0.2, -0.15) is 0 Å². The van der Waals surface area contributed by atoms with Crippen LogP contribution in [-0.2, 0) is 0 Å². The highest BCUT2D eigenvalue weighted by Crippen LogP contribution is 2.17. The van der Waals surface area contributed by atoms with Crippen LogP contribution in [0.1, 0.15) is 38.5 Å². The molecule has 2 N–H and O–H groups in total. The molecule has 2 rings (SSSR count). The van der Waals surface area contributed by atoms with E-state index >= 15 is 0 Å². The largest absolute Gasteiger partial charge is 0.314 e. The Morgan fingerprint density at radius 1 is 1.25 bits per heavy atom. The molecule has 0 aromatic heterocycles. The van der Waals surface area contributed by atoms with Gasteiger partial charge in [0.1, 0.15) is 0 Å². The van der Waals surface area contributed by atoms with Crippen LogP contribution in [0, 0.1) is 0 Å². The van der Waals surface area contributed by atoms with Gasteiger partial charge >= 0.3 is 0 Å². The van der Waals surface area contributed by atoms with E-state index in [1.807, 2.05) is 0 Å². The quantitative estimate of drug-likeness (QED) is 0.753. The smallest absolute Gasteiger partial charge is 0.0230 e. The van der Waals surface area contributed by atoms with Crippen LogP contribution in [0.15, 0.2) is 0 Å². The predicted octanol–water partition coefficient (Wildman–Crippen LogP) is 1.20. The molecule has 0 aromatic carbocycles. The molecule has 16 heavy (non-hydrogen) atoms. The van der Waals surface area contributed by atoms with Gasteiger partial charge in [-0.25, -0.2) is 0 Å². The summed E-state index contributed by atoms with van der Waals surface area (Å²) in [4.78, 5) is 2.50. The Balaban J connectivity index is 1.59. The lowest BCUT2D eigenvalue weighted by Crippen LogP contribution is -2.50. The summed E-state index contributed by atoms with van der Waals surface area (Å²) in [7, 11) is 2.26. The number of likely N-dealkylation sites (N-methyl/N-ethyl adjacent to an activating group) is 1. The SMILES string of the molecule is CN1CCNCC1CCNC1CCCCC1. The van der Waals surface area contributed by atoms with E-state index in [1.165, 1.54) is 58.2 Å². The molecule has 0 amide bonds. The highest BCUT2D eigenvalue weighted by Gasteiger charge is 2.18. The fourth-order valence-corrected chi connectivity index (χ4v) is 2.95. The third-order valence-electron chi connectivity index (χ3n) is 4.16. The molecule has 1 saturated carbocycles. The molecule has 0 aromatic rings. The standard InChI is InChI=1S/C13H27N3/c1-16-10-9-14-11-13(16)7-8-15-12-5-3-2-4-6-12/h12-15H,2-11H2,1H3. The van der Waals surface area contributed by atoms with Gasteiger partial charge in [0.15, 0.2) is 0 Å². The van der Waals surface area contributed by atoms with Crippen LogP contribution in [0.2, 0.25) is 0 Å². The van der Waals surface area contributed by atoms with Crippen LogP contribution < -0.4 is 10.6 Å². The van der Waals surface area contributed by atoms with Crippen molar-refractivity contribution in [2.75, 3.05) is 33.2 Å². The Bertz CT molecular complexity index is 190. The molecule has 1 atom stereocenters. The Hall–Kier alpha value is -0.120. The maximum Gasteiger partial charge on any atom is 0.0230 e. The van der Waals surface area contributed by atoms with Gasteiger partial charge in [-0.05, 0) is 32.9 Å². The molecular formula is C13H27N3. The number of hydrogen-bond acceptors (Lipinski definition) is 3. The first kappa shape index (κ1) is 12.3. The summed E-state index contributed by atoms with van der Waals surface area (Å²) in [5, 5.41) is 7.22. The predicted molar refractivity (Wildman–Crippen MR) is 68.8 cm³/mol. The van der Waals surface area contributed by atoms with Crippen molar-refractivity contribution >= 4 is 0 Å². The van der Waals surface area contributed by atoms with Crippen molar-refractivity contribution < 1.29 is 0 Å². The topological polar surface area (TPSA) is 27.3 Å². The molecular weight excluding hydrogens is 198 g/mol. The lowest BCUT2D eigenvalue weighted by atomic mass is 9.95. The molecule has 2 fully saturated rings. The van der Waals surface area contributed by atoms with Crippen molar-refractivity contribution in [2.45, 2.75) is 50.6 Å². The van der Waals surface area contributed by atoms with Gasteiger partial charge in [0.2, 0.25) is 0 Å². The highest BCUT2D eigenvalue weighted by molar-refractivity contribution is 4.79. The highest BCUT2D eigenvalue weighted by atomic mass is 15.2. The van der Waals surface area contributed by atoms with Crippen LogP contribution in [0.3, 0.4) is 0 Å². The van der Waals surface area contributed by atoms with Crippen molar-refractivity contribution in [3.8, 4) is 0 Å². The van der Waals surface area contributed by atoms with Gasteiger partial charge in [-0.15, -0.1) is 0 Å². The summed E-state index contributed by atoms with van der Waals surface area (Å²) >= 11 is 0. The second-order valence-electron chi connectivity index (χ2n) is 5.42. The number of nitrogens with zero attached hydrogens (tertiary/aromatic N) is 1. The molecule has 3 heteroatoms. The van der Waals surface area contributed by atoms with Gasteiger partial charge in [-0.1, -0.05) is 19.3 Å². The molecule has 2 aliphatic rings. The lowest BCUT2D eigenvalue weighted by molar-refractivity contribution is 0.187. The van der Waals surface area contributed by atoms with Crippen LogP contribution >= 0.6 is 0 Å². The molecule has 1 heterocycles. The van der Waals surface area contributed by atoms with Crippen LogP contribution in [0.5, 0.6) is 0 Å². The summed E-state index contributed by atoms with van der Waals surface area (Å²) in [5.74, 6) is 0. The molecule has 1 saturated heterocycles. The van der Waals surface area contributed by atoms with E-state index in [2.05, 4.69) is 22.6 Å². The summed E-state index contributed by atoms with van der Waals surface area (Å²) in [6.45, 7) is 4.72. The first-order valence-corrected chi connectivity index (χ1v) is 7.00. The van der Waals surface area contributed by atoms with Crippen molar-refractivity contribution in [3.63, 3.8) is 0 Å². The average Bonchev–Trinajstić information content (AvgIpc) is 2.33. The third kappa shape index (κ3) is 3.72.